The van der Waals surface area contributed by atoms with E-state index in [2.05, 4.69) is 0 Å². The van der Waals surface area contributed by atoms with Crippen molar-refractivity contribution in [2.75, 3.05) is 0 Å². The molecule has 0 fully saturated rings. The molecule has 1 N–H and O–H groups in total. The Kier molecular flexibility index (Phi) is 3.02. The number of carbonyl (C=O) groups excluding carboxylic acids is 1. The first-order valence-corrected chi connectivity index (χ1v) is 4.34. The minimum absolute atomic E-state index is 0.533. The van der Waals surface area contributed by atoms with Crippen LogP contribution >= 0.6 is 0 Å². The Labute approximate surface area is 82.4 Å². The predicted octanol–water partition coefficient (Wildman–Crippen LogP) is 2.00. The fourth-order valence-electron chi connectivity index (χ4n) is 1.24. The molecule has 0 saturated carbocycles. The zero-order chi connectivity index (χ0) is 10.7. The third kappa shape index (κ3) is 1.99. The Balaban J connectivity index is 3.08. The summed E-state index contributed by atoms with van der Waals surface area (Å²) >= 11 is 0. The van der Waals surface area contributed by atoms with E-state index in [4.69, 9.17) is 5.11 Å². The summed E-state index contributed by atoms with van der Waals surface area (Å²) in [6, 6.07) is 5.06. The molecular weight excluding hydrogens is 180 g/mol. The Morgan fingerprint density at radius 1 is 1.50 bits per heavy atom. The van der Waals surface area contributed by atoms with Gasteiger partial charge in [-0.3, -0.25) is 9.59 Å². The monoisotopic (exact) mass is 192 g/mol. The lowest BCUT2D eigenvalue weighted by molar-refractivity contribution is -0.138. The van der Waals surface area contributed by atoms with Gasteiger partial charge in [0.15, 0.2) is 0 Å². The van der Waals surface area contributed by atoms with Crippen molar-refractivity contribution in [1.29, 1.82) is 0 Å². The van der Waals surface area contributed by atoms with Crippen LogP contribution in [0.4, 0.5) is 0 Å². The number of carboxylic acids is 1. The molecule has 0 aliphatic heterocycles. The summed E-state index contributed by atoms with van der Waals surface area (Å²) < 4.78 is 0. The molecule has 0 amide bonds. The minimum atomic E-state index is -0.858. The SMILES string of the molecule is Cc1cc(C(C)C(=O)O)ccc1C=O. The molecule has 1 rings (SSSR count). The first kappa shape index (κ1) is 10.4. The Morgan fingerprint density at radius 3 is 2.57 bits per heavy atom. The van der Waals surface area contributed by atoms with Gasteiger partial charge in [0, 0.05) is 5.56 Å². The highest BCUT2D eigenvalue weighted by Gasteiger charge is 2.13. The molecule has 74 valence electrons. The third-order valence-corrected chi connectivity index (χ3v) is 2.29. The van der Waals surface area contributed by atoms with Crippen molar-refractivity contribution in [2.24, 2.45) is 0 Å². The maximum absolute atomic E-state index is 10.7. The van der Waals surface area contributed by atoms with E-state index < -0.39 is 11.9 Å². The maximum Gasteiger partial charge on any atom is 0.310 e. The Hall–Kier alpha value is -1.64. The summed E-state index contributed by atoms with van der Waals surface area (Å²) in [7, 11) is 0. The van der Waals surface area contributed by atoms with Gasteiger partial charge in [0.05, 0.1) is 5.92 Å². The zero-order valence-corrected chi connectivity index (χ0v) is 8.15. The molecule has 14 heavy (non-hydrogen) atoms. The van der Waals surface area contributed by atoms with Crippen molar-refractivity contribution in [3.05, 3.63) is 34.9 Å². The van der Waals surface area contributed by atoms with Crippen molar-refractivity contribution < 1.29 is 14.7 Å². The average molecular weight is 192 g/mol. The van der Waals surface area contributed by atoms with Crippen LogP contribution in [0.1, 0.15) is 34.3 Å². The van der Waals surface area contributed by atoms with Gasteiger partial charge in [-0.25, -0.2) is 0 Å². The van der Waals surface area contributed by atoms with Crippen molar-refractivity contribution in [3.8, 4) is 0 Å². The van der Waals surface area contributed by atoms with Crippen molar-refractivity contribution >= 4 is 12.3 Å². The van der Waals surface area contributed by atoms with Crippen LogP contribution in [0.25, 0.3) is 0 Å². The van der Waals surface area contributed by atoms with Crippen LogP contribution in [-0.4, -0.2) is 17.4 Å². The number of carbonyl (C=O) groups is 2. The molecule has 3 heteroatoms. The highest BCUT2D eigenvalue weighted by atomic mass is 16.4. The number of hydrogen-bond donors (Lipinski definition) is 1. The van der Waals surface area contributed by atoms with E-state index in [1.54, 1.807) is 32.0 Å². The molecule has 0 heterocycles. The molecule has 0 spiro atoms. The first-order chi connectivity index (χ1) is 6.56. The molecule has 0 aromatic heterocycles. The first-order valence-electron chi connectivity index (χ1n) is 4.34. The van der Waals surface area contributed by atoms with Crippen molar-refractivity contribution in [1.82, 2.24) is 0 Å². The van der Waals surface area contributed by atoms with Gasteiger partial charge >= 0.3 is 5.97 Å². The quantitative estimate of drug-likeness (QED) is 0.745. The van der Waals surface area contributed by atoms with Gasteiger partial charge in [0.25, 0.3) is 0 Å². The smallest absolute Gasteiger partial charge is 0.310 e. The van der Waals surface area contributed by atoms with Gasteiger partial charge in [-0.05, 0) is 25.0 Å². The van der Waals surface area contributed by atoms with Crippen LogP contribution < -0.4 is 0 Å². The Morgan fingerprint density at radius 2 is 2.14 bits per heavy atom. The normalized spacial score (nSPS) is 12.1. The van der Waals surface area contributed by atoms with Crippen LogP contribution in [0, 0.1) is 6.92 Å². The van der Waals surface area contributed by atoms with Crippen molar-refractivity contribution in [2.45, 2.75) is 19.8 Å². The largest absolute Gasteiger partial charge is 0.481 e. The van der Waals surface area contributed by atoms with Crippen LogP contribution in [0.2, 0.25) is 0 Å². The summed E-state index contributed by atoms with van der Waals surface area (Å²) in [5.41, 5.74) is 2.14. The molecule has 1 atom stereocenters. The van der Waals surface area contributed by atoms with E-state index >= 15 is 0 Å². The van der Waals surface area contributed by atoms with E-state index in [-0.39, 0.29) is 0 Å². The van der Waals surface area contributed by atoms with E-state index in [0.717, 1.165) is 17.4 Å². The molecule has 1 unspecified atom stereocenters. The minimum Gasteiger partial charge on any atom is -0.481 e. The standard InChI is InChI=1S/C11H12O3/c1-7-5-9(8(2)11(13)14)3-4-10(7)6-12/h3-6,8H,1-2H3,(H,13,14). The summed E-state index contributed by atoms with van der Waals surface area (Å²) in [4.78, 5) is 21.2. The number of benzene rings is 1. The van der Waals surface area contributed by atoms with E-state index in [9.17, 15) is 9.59 Å². The van der Waals surface area contributed by atoms with Gasteiger partial charge in [0.2, 0.25) is 0 Å². The lowest BCUT2D eigenvalue weighted by Gasteiger charge is -2.08. The van der Waals surface area contributed by atoms with E-state index in [1.165, 1.54) is 0 Å². The number of aldehydes is 1. The number of carboxylic acid groups (broad SMARTS) is 1. The molecule has 1 aromatic carbocycles. The average Bonchev–Trinajstić information content (AvgIpc) is 2.16. The second kappa shape index (κ2) is 4.05. The fourth-order valence-corrected chi connectivity index (χ4v) is 1.24. The van der Waals surface area contributed by atoms with Gasteiger partial charge in [-0.2, -0.15) is 0 Å². The second-order valence-corrected chi connectivity index (χ2v) is 3.29. The third-order valence-electron chi connectivity index (χ3n) is 2.29. The topological polar surface area (TPSA) is 54.4 Å². The molecule has 0 saturated heterocycles. The molecule has 0 aliphatic carbocycles. The molecule has 0 radical (unpaired) electrons. The summed E-state index contributed by atoms with van der Waals surface area (Å²) in [6.07, 6.45) is 0.768. The molecule has 1 aromatic rings. The molecular formula is C11H12O3. The van der Waals surface area contributed by atoms with E-state index in [0.29, 0.717) is 5.56 Å². The molecule has 0 bridgehead atoms. The van der Waals surface area contributed by atoms with E-state index in [1.807, 2.05) is 0 Å². The van der Waals surface area contributed by atoms with Crippen LogP contribution in [0.3, 0.4) is 0 Å². The number of aliphatic carboxylic acids is 1. The summed E-state index contributed by atoms with van der Waals surface area (Å²) in [5, 5.41) is 8.78. The fraction of sp³-hybridized carbons (Fsp3) is 0.273. The van der Waals surface area contributed by atoms with Crippen molar-refractivity contribution in [3.63, 3.8) is 0 Å². The number of aryl methyl sites for hydroxylation is 1. The predicted molar refractivity (Wildman–Crippen MR) is 52.6 cm³/mol. The van der Waals surface area contributed by atoms with Gasteiger partial charge < -0.3 is 5.11 Å². The number of hydrogen-bond acceptors (Lipinski definition) is 2. The van der Waals surface area contributed by atoms with Crippen LogP contribution in [-0.2, 0) is 4.79 Å². The highest BCUT2D eigenvalue weighted by molar-refractivity contribution is 5.79. The zero-order valence-electron chi connectivity index (χ0n) is 8.15. The van der Waals surface area contributed by atoms with Gasteiger partial charge in [0.1, 0.15) is 6.29 Å². The van der Waals surface area contributed by atoms with Gasteiger partial charge in [-0.15, -0.1) is 0 Å². The molecule has 0 aliphatic rings. The Bertz CT molecular complexity index is 369. The lowest BCUT2D eigenvalue weighted by atomic mass is 9.97. The van der Waals surface area contributed by atoms with Gasteiger partial charge in [-0.1, -0.05) is 18.2 Å². The number of rotatable bonds is 3. The van der Waals surface area contributed by atoms with Crippen LogP contribution in [0.5, 0.6) is 0 Å². The molecule has 3 nitrogen and oxygen atoms in total. The lowest BCUT2D eigenvalue weighted by Crippen LogP contribution is -2.07. The summed E-state index contributed by atoms with van der Waals surface area (Å²) in [5.74, 6) is -1.39. The maximum atomic E-state index is 10.7. The highest BCUT2D eigenvalue weighted by Crippen LogP contribution is 2.18. The second-order valence-electron chi connectivity index (χ2n) is 3.29. The van der Waals surface area contributed by atoms with Crippen LogP contribution in [0.15, 0.2) is 18.2 Å². The summed E-state index contributed by atoms with van der Waals surface area (Å²) in [6.45, 7) is 3.42.